The van der Waals surface area contributed by atoms with Gasteiger partial charge in [0.1, 0.15) is 0 Å². The van der Waals surface area contributed by atoms with Gasteiger partial charge in [0.2, 0.25) is 0 Å². The molecular formula is C12H14N2. The Labute approximate surface area is 83.5 Å². The summed E-state index contributed by atoms with van der Waals surface area (Å²) in [7, 11) is 1.99. The van der Waals surface area contributed by atoms with E-state index in [1.54, 1.807) is 0 Å². The lowest BCUT2D eigenvalue weighted by Crippen LogP contribution is -2.08. The molecule has 1 aliphatic carbocycles. The van der Waals surface area contributed by atoms with Crippen molar-refractivity contribution < 1.29 is 0 Å². The summed E-state index contributed by atoms with van der Waals surface area (Å²) in [6.07, 6.45) is 6.24. The van der Waals surface area contributed by atoms with Crippen molar-refractivity contribution >= 4 is 10.9 Å². The Morgan fingerprint density at radius 2 is 2.21 bits per heavy atom. The van der Waals surface area contributed by atoms with E-state index in [-0.39, 0.29) is 0 Å². The first-order chi connectivity index (χ1) is 6.84. The number of hydrogen-bond acceptors (Lipinski definition) is 1. The van der Waals surface area contributed by atoms with E-state index >= 15 is 0 Å². The topological polar surface area (TPSA) is 17.8 Å². The maximum absolute atomic E-state index is 4.43. The molecule has 0 bridgehead atoms. The van der Waals surface area contributed by atoms with Crippen LogP contribution in [0.4, 0.5) is 0 Å². The average molecular weight is 186 g/mol. The molecule has 2 aromatic rings. The second-order valence-corrected chi connectivity index (χ2v) is 4.21. The van der Waals surface area contributed by atoms with Gasteiger partial charge >= 0.3 is 0 Å². The predicted molar refractivity (Wildman–Crippen MR) is 57.3 cm³/mol. The maximum Gasteiger partial charge on any atom is 0.0926 e. The zero-order valence-electron chi connectivity index (χ0n) is 8.40. The Hall–Kier alpha value is -1.31. The summed E-state index contributed by atoms with van der Waals surface area (Å²) < 4.78 is 1.91. The van der Waals surface area contributed by atoms with Gasteiger partial charge in [-0.2, -0.15) is 5.10 Å². The summed E-state index contributed by atoms with van der Waals surface area (Å²) >= 11 is 0. The molecule has 1 aromatic heterocycles. The van der Waals surface area contributed by atoms with E-state index in [9.17, 15) is 0 Å². The van der Waals surface area contributed by atoms with E-state index in [0.29, 0.717) is 0 Å². The van der Waals surface area contributed by atoms with Gasteiger partial charge in [-0.1, -0.05) is 18.6 Å². The minimum absolute atomic E-state index is 0.794. The van der Waals surface area contributed by atoms with Crippen molar-refractivity contribution in [2.24, 2.45) is 7.05 Å². The lowest BCUT2D eigenvalue weighted by molar-refractivity contribution is 0.422. The van der Waals surface area contributed by atoms with Gasteiger partial charge in [0.05, 0.1) is 5.52 Å². The van der Waals surface area contributed by atoms with Crippen LogP contribution in [0.15, 0.2) is 24.4 Å². The van der Waals surface area contributed by atoms with Crippen LogP contribution in [0.1, 0.15) is 30.7 Å². The fourth-order valence-corrected chi connectivity index (χ4v) is 2.26. The van der Waals surface area contributed by atoms with Gasteiger partial charge in [-0.15, -0.1) is 0 Å². The van der Waals surface area contributed by atoms with Gasteiger partial charge in [0, 0.05) is 18.6 Å². The van der Waals surface area contributed by atoms with Crippen molar-refractivity contribution in [1.29, 1.82) is 0 Å². The molecule has 1 heterocycles. The minimum atomic E-state index is 0.794. The SMILES string of the molecule is Cn1cc2c(C3CCC3)cccc2n1. The quantitative estimate of drug-likeness (QED) is 0.669. The average Bonchev–Trinajstić information content (AvgIpc) is 2.43. The van der Waals surface area contributed by atoms with Crippen molar-refractivity contribution in [2.75, 3.05) is 0 Å². The van der Waals surface area contributed by atoms with Gasteiger partial charge in [-0.25, -0.2) is 0 Å². The molecule has 0 saturated heterocycles. The van der Waals surface area contributed by atoms with E-state index < -0.39 is 0 Å². The largest absolute Gasteiger partial charge is 0.275 e. The number of benzene rings is 1. The molecule has 0 N–H and O–H groups in total. The van der Waals surface area contributed by atoms with Crippen LogP contribution in [0.5, 0.6) is 0 Å². The fraction of sp³-hybridized carbons (Fsp3) is 0.417. The molecule has 0 radical (unpaired) electrons. The molecule has 1 fully saturated rings. The van der Waals surface area contributed by atoms with Crippen LogP contribution in [0.25, 0.3) is 10.9 Å². The summed E-state index contributed by atoms with van der Waals surface area (Å²) in [6, 6.07) is 6.48. The molecule has 0 aliphatic heterocycles. The number of aryl methyl sites for hydroxylation is 1. The Balaban J connectivity index is 2.21. The van der Waals surface area contributed by atoms with Crippen LogP contribution in [-0.2, 0) is 7.05 Å². The molecule has 1 aliphatic rings. The Bertz CT molecular complexity index is 466. The molecule has 3 rings (SSSR count). The molecule has 1 aromatic carbocycles. The Morgan fingerprint density at radius 3 is 2.93 bits per heavy atom. The lowest BCUT2D eigenvalue weighted by atomic mass is 9.79. The number of rotatable bonds is 1. The monoisotopic (exact) mass is 186 g/mol. The van der Waals surface area contributed by atoms with E-state index in [4.69, 9.17) is 0 Å². The third-order valence-electron chi connectivity index (χ3n) is 3.24. The summed E-state index contributed by atoms with van der Waals surface area (Å²) in [4.78, 5) is 0. The highest BCUT2D eigenvalue weighted by Gasteiger charge is 2.21. The van der Waals surface area contributed by atoms with Crippen molar-refractivity contribution in [1.82, 2.24) is 9.78 Å². The number of hydrogen-bond donors (Lipinski definition) is 0. The highest BCUT2D eigenvalue weighted by Crippen LogP contribution is 2.39. The van der Waals surface area contributed by atoms with Crippen molar-refractivity contribution in [3.8, 4) is 0 Å². The highest BCUT2D eigenvalue weighted by molar-refractivity contribution is 5.82. The molecular weight excluding hydrogens is 172 g/mol. The summed E-state index contributed by atoms with van der Waals surface area (Å²) in [6.45, 7) is 0. The maximum atomic E-state index is 4.43. The smallest absolute Gasteiger partial charge is 0.0926 e. The first-order valence-electron chi connectivity index (χ1n) is 5.27. The molecule has 14 heavy (non-hydrogen) atoms. The van der Waals surface area contributed by atoms with Crippen molar-refractivity contribution in [3.05, 3.63) is 30.0 Å². The molecule has 0 unspecified atom stereocenters. The van der Waals surface area contributed by atoms with Gasteiger partial charge in [0.25, 0.3) is 0 Å². The van der Waals surface area contributed by atoms with E-state index in [2.05, 4.69) is 29.5 Å². The minimum Gasteiger partial charge on any atom is -0.275 e. The predicted octanol–water partition coefficient (Wildman–Crippen LogP) is 2.84. The fourth-order valence-electron chi connectivity index (χ4n) is 2.26. The first-order valence-corrected chi connectivity index (χ1v) is 5.27. The highest BCUT2D eigenvalue weighted by atomic mass is 15.2. The summed E-state index contributed by atoms with van der Waals surface area (Å²) in [5.74, 6) is 0.794. The zero-order valence-corrected chi connectivity index (χ0v) is 8.40. The van der Waals surface area contributed by atoms with Crippen LogP contribution in [0.2, 0.25) is 0 Å². The first kappa shape index (κ1) is 8.04. The van der Waals surface area contributed by atoms with Crippen LogP contribution in [0.3, 0.4) is 0 Å². The van der Waals surface area contributed by atoms with E-state index in [1.165, 1.54) is 30.2 Å². The lowest BCUT2D eigenvalue weighted by Gasteiger charge is -2.26. The molecule has 0 atom stereocenters. The van der Waals surface area contributed by atoms with E-state index in [0.717, 1.165) is 11.4 Å². The molecule has 2 heteroatoms. The van der Waals surface area contributed by atoms with Gasteiger partial charge < -0.3 is 0 Å². The Kier molecular flexibility index (Phi) is 1.63. The Morgan fingerprint density at radius 1 is 1.36 bits per heavy atom. The number of aromatic nitrogens is 2. The van der Waals surface area contributed by atoms with Crippen molar-refractivity contribution in [2.45, 2.75) is 25.2 Å². The second-order valence-electron chi connectivity index (χ2n) is 4.21. The molecule has 0 amide bonds. The van der Waals surface area contributed by atoms with Crippen LogP contribution < -0.4 is 0 Å². The van der Waals surface area contributed by atoms with E-state index in [1.807, 2.05) is 11.7 Å². The molecule has 0 spiro atoms. The molecule has 72 valence electrons. The van der Waals surface area contributed by atoms with Crippen LogP contribution in [0, 0.1) is 0 Å². The van der Waals surface area contributed by atoms with Crippen LogP contribution in [-0.4, -0.2) is 9.78 Å². The third kappa shape index (κ3) is 1.07. The van der Waals surface area contributed by atoms with Crippen molar-refractivity contribution in [3.63, 3.8) is 0 Å². The standard InChI is InChI=1S/C12H14N2/c1-14-8-11-10(9-4-2-5-9)6-3-7-12(11)13-14/h3,6-9H,2,4-5H2,1H3. The van der Waals surface area contributed by atoms with Gasteiger partial charge in [-0.3, -0.25) is 4.68 Å². The third-order valence-corrected chi connectivity index (χ3v) is 3.24. The molecule has 2 nitrogen and oxygen atoms in total. The van der Waals surface area contributed by atoms with Crippen LogP contribution >= 0.6 is 0 Å². The second kappa shape index (κ2) is 2.84. The van der Waals surface area contributed by atoms with Gasteiger partial charge in [-0.05, 0) is 30.4 Å². The number of fused-ring (bicyclic) bond motifs is 1. The summed E-state index contributed by atoms with van der Waals surface area (Å²) in [5.41, 5.74) is 2.64. The normalized spacial score (nSPS) is 17.2. The molecule has 1 saturated carbocycles. The zero-order chi connectivity index (χ0) is 9.54. The van der Waals surface area contributed by atoms with Gasteiger partial charge in [0.15, 0.2) is 0 Å². The number of nitrogens with zero attached hydrogens (tertiary/aromatic N) is 2. The summed E-state index contributed by atoms with van der Waals surface area (Å²) in [5, 5.41) is 5.78.